The lowest BCUT2D eigenvalue weighted by atomic mass is 10.0. The van der Waals surface area contributed by atoms with E-state index in [0.29, 0.717) is 11.5 Å². The van der Waals surface area contributed by atoms with Crippen molar-refractivity contribution in [2.24, 2.45) is 0 Å². The third-order valence-electron chi connectivity index (χ3n) is 3.43. The monoisotopic (exact) mass is 306 g/mol. The lowest BCUT2D eigenvalue weighted by molar-refractivity contribution is 0.354. The molecule has 0 spiro atoms. The van der Waals surface area contributed by atoms with Crippen molar-refractivity contribution in [3.05, 3.63) is 53.1 Å². The molecule has 0 aliphatic heterocycles. The molecule has 0 aliphatic rings. The zero-order valence-electron chi connectivity index (χ0n) is 12.6. The molecule has 0 aliphatic carbocycles. The van der Waals surface area contributed by atoms with Gasteiger partial charge in [-0.2, -0.15) is 0 Å². The lowest BCUT2D eigenvalue weighted by Gasteiger charge is -2.15. The molecule has 0 fully saturated rings. The van der Waals surface area contributed by atoms with Crippen LogP contribution >= 0.6 is 11.6 Å². The summed E-state index contributed by atoms with van der Waals surface area (Å²) in [7, 11) is 4.88. The van der Waals surface area contributed by atoms with E-state index < -0.39 is 0 Å². The van der Waals surface area contributed by atoms with Crippen LogP contribution in [0.15, 0.2) is 36.4 Å². The molecule has 0 N–H and O–H groups in total. The van der Waals surface area contributed by atoms with Gasteiger partial charge in [-0.25, -0.2) is 0 Å². The van der Waals surface area contributed by atoms with Gasteiger partial charge in [0.05, 0.1) is 26.7 Å². The third-order valence-corrected chi connectivity index (χ3v) is 3.93. The van der Waals surface area contributed by atoms with Crippen LogP contribution in [0.4, 0.5) is 0 Å². The Labute approximate surface area is 130 Å². The van der Waals surface area contributed by atoms with E-state index in [1.54, 1.807) is 21.3 Å². The third kappa shape index (κ3) is 3.24. The van der Waals surface area contributed by atoms with Crippen molar-refractivity contribution in [1.29, 1.82) is 0 Å². The Morgan fingerprint density at radius 3 is 1.86 bits per heavy atom. The Morgan fingerprint density at radius 1 is 0.762 bits per heavy atom. The van der Waals surface area contributed by atoms with E-state index in [-0.39, 0.29) is 5.38 Å². The number of hydrogen-bond donors (Lipinski definition) is 0. The minimum absolute atomic E-state index is 0.278. The molecule has 2 aromatic rings. The Hall–Kier alpha value is -1.87. The minimum atomic E-state index is -0.278. The van der Waals surface area contributed by atoms with Crippen LogP contribution in [-0.4, -0.2) is 21.3 Å². The largest absolute Gasteiger partial charge is 0.496 e. The Kier molecular flexibility index (Phi) is 4.97. The average Bonchev–Trinajstić information content (AvgIpc) is 2.53. The van der Waals surface area contributed by atoms with Crippen LogP contribution in [0.1, 0.15) is 22.1 Å². The van der Waals surface area contributed by atoms with E-state index in [0.717, 1.165) is 22.4 Å². The molecule has 21 heavy (non-hydrogen) atoms. The average molecular weight is 307 g/mol. The van der Waals surface area contributed by atoms with E-state index in [1.807, 2.05) is 43.3 Å². The zero-order valence-corrected chi connectivity index (χ0v) is 13.4. The number of halogens is 1. The number of benzene rings is 2. The standard InChI is InChI=1S/C17H19ClO3/c1-11-5-6-12(9-15(11)20-3)17(18)13-7-8-14(19-2)16(10-13)21-4/h5-10,17H,1-4H3. The van der Waals surface area contributed by atoms with Crippen LogP contribution in [0.25, 0.3) is 0 Å². The topological polar surface area (TPSA) is 27.7 Å². The summed E-state index contributed by atoms with van der Waals surface area (Å²) in [5.74, 6) is 2.19. The quantitative estimate of drug-likeness (QED) is 0.769. The summed E-state index contributed by atoms with van der Waals surface area (Å²) < 4.78 is 15.9. The van der Waals surface area contributed by atoms with Crippen molar-refractivity contribution < 1.29 is 14.2 Å². The van der Waals surface area contributed by atoms with Crippen LogP contribution in [-0.2, 0) is 0 Å². The van der Waals surface area contributed by atoms with Gasteiger partial charge in [0, 0.05) is 0 Å². The highest BCUT2D eigenvalue weighted by atomic mass is 35.5. The number of rotatable bonds is 5. The number of alkyl halides is 1. The molecule has 0 aromatic heterocycles. The fraction of sp³-hybridized carbons (Fsp3) is 0.294. The van der Waals surface area contributed by atoms with E-state index in [9.17, 15) is 0 Å². The van der Waals surface area contributed by atoms with Gasteiger partial charge in [-0.1, -0.05) is 18.2 Å². The molecule has 4 heteroatoms. The van der Waals surface area contributed by atoms with Crippen molar-refractivity contribution in [3.63, 3.8) is 0 Å². The summed E-state index contributed by atoms with van der Waals surface area (Å²) in [4.78, 5) is 0. The molecule has 0 saturated carbocycles. The number of hydrogen-bond acceptors (Lipinski definition) is 3. The maximum Gasteiger partial charge on any atom is 0.161 e. The second-order valence-corrected chi connectivity index (χ2v) is 5.14. The van der Waals surface area contributed by atoms with Crippen LogP contribution in [0.2, 0.25) is 0 Å². The normalized spacial score (nSPS) is 11.9. The van der Waals surface area contributed by atoms with E-state index in [2.05, 4.69) is 0 Å². The maximum absolute atomic E-state index is 6.59. The van der Waals surface area contributed by atoms with Crippen molar-refractivity contribution >= 4 is 11.6 Å². The van der Waals surface area contributed by atoms with Gasteiger partial charge in [0.15, 0.2) is 11.5 Å². The predicted octanol–water partition coefficient (Wildman–Crippen LogP) is 4.35. The number of methoxy groups -OCH3 is 3. The number of ether oxygens (including phenoxy) is 3. The SMILES string of the molecule is COc1cc(C(Cl)c2ccc(OC)c(OC)c2)ccc1C. The number of aryl methyl sites for hydroxylation is 1. The molecule has 112 valence electrons. The molecule has 1 unspecified atom stereocenters. The van der Waals surface area contributed by atoms with Crippen molar-refractivity contribution in [1.82, 2.24) is 0 Å². The molecule has 0 bridgehead atoms. The summed E-state index contributed by atoms with van der Waals surface area (Å²) >= 11 is 6.59. The van der Waals surface area contributed by atoms with Gasteiger partial charge in [0.1, 0.15) is 5.75 Å². The van der Waals surface area contributed by atoms with E-state index >= 15 is 0 Å². The summed E-state index contributed by atoms with van der Waals surface area (Å²) in [5.41, 5.74) is 3.00. The van der Waals surface area contributed by atoms with Crippen LogP contribution in [0.5, 0.6) is 17.2 Å². The first-order chi connectivity index (χ1) is 10.1. The molecule has 1 atom stereocenters. The van der Waals surface area contributed by atoms with Gasteiger partial charge in [-0.15, -0.1) is 11.6 Å². The fourth-order valence-electron chi connectivity index (χ4n) is 2.20. The van der Waals surface area contributed by atoms with Crippen LogP contribution in [0, 0.1) is 6.92 Å². The molecular weight excluding hydrogens is 288 g/mol. The lowest BCUT2D eigenvalue weighted by Crippen LogP contribution is -1.98. The zero-order chi connectivity index (χ0) is 15.4. The van der Waals surface area contributed by atoms with Gasteiger partial charge < -0.3 is 14.2 Å². The molecule has 0 radical (unpaired) electrons. The molecule has 2 rings (SSSR count). The van der Waals surface area contributed by atoms with Gasteiger partial charge in [0.2, 0.25) is 0 Å². The predicted molar refractivity (Wildman–Crippen MR) is 85.0 cm³/mol. The van der Waals surface area contributed by atoms with E-state index in [4.69, 9.17) is 25.8 Å². The van der Waals surface area contributed by atoms with Crippen LogP contribution < -0.4 is 14.2 Å². The van der Waals surface area contributed by atoms with Gasteiger partial charge >= 0.3 is 0 Å². The summed E-state index contributed by atoms with van der Waals surface area (Å²) in [6.45, 7) is 2.00. The summed E-state index contributed by atoms with van der Waals surface area (Å²) in [5, 5.41) is -0.278. The highest BCUT2D eigenvalue weighted by Gasteiger charge is 2.15. The molecule has 0 heterocycles. The molecular formula is C17H19ClO3. The van der Waals surface area contributed by atoms with Crippen molar-refractivity contribution in [2.45, 2.75) is 12.3 Å². The second kappa shape index (κ2) is 6.72. The van der Waals surface area contributed by atoms with Gasteiger partial charge in [-0.3, -0.25) is 0 Å². The molecule has 0 saturated heterocycles. The van der Waals surface area contributed by atoms with Gasteiger partial charge in [0.25, 0.3) is 0 Å². The Bertz CT molecular complexity index is 625. The first-order valence-electron chi connectivity index (χ1n) is 6.61. The van der Waals surface area contributed by atoms with E-state index in [1.165, 1.54) is 0 Å². The fourth-order valence-corrected chi connectivity index (χ4v) is 2.47. The smallest absolute Gasteiger partial charge is 0.161 e. The Balaban J connectivity index is 2.37. The summed E-state index contributed by atoms with van der Waals surface area (Å²) in [6, 6.07) is 11.7. The highest BCUT2D eigenvalue weighted by Crippen LogP contribution is 2.36. The van der Waals surface area contributed by atoms with Crippen LogP contribution in [0.3, 0.4) is 0 Å². The second-order valence-electron chi connectivity index (χ2n) is 4.71. The van der Waals surface area contributed by atoms with Crippen molar-refractivity contribution in [3.8, 4) is 17.2 Å². The highest BCUT2D eigenvalue weighted by molar-refractivity contribution is 6.22. The maximum atomic E-state index is 6.59. The minimum Gasteiger partial charge on any atom is -0.496 e. The first kappa shape index (κ1) is 15.5. The van der Waals surface area contributed by atoms with Gasteiger partial charge in [-0.05, 0) is 41.8 Å². The summed E-state index contributed by atoms with van der Waals surface area (Å²) in [6.07, 6.45) is 0. The van der Waals surface area contributed by atoms with Crippen molar-refractivity contribution in [2.75, 3.05) is 21.3 Å². The molecule has 2 aromatic carbocycles. The molecule has 0 amide bonds. The molecule has 3 nitrogen and oxygen atoms in total. The first-order valence-corrected chi connectivity index (χ1v) is 7.05. The Morgan fingerprint density at radius 2 is 1.29 bits per heavy atom.